The highest BCUT2D eigenvalue weighted by Crippen LogP contribution is 2.35. The summed E-state index contributed by atoms with van der Waals surface area (Å²) in [4.78, 5) is 7.75. The highest BCUT2D eigenvalue weighted by Gasteiger charge is 2.43. The van der Waals surface area contributed by atoms with Crippen LogP contribution in [0.15, 0.2) is 67.0 Å². The van der Waals surface area contributed by atoms with E-state index >= 15 is 0 Å². The molecule has 146 valence electrons. The van der Waals surface area contributed by atoms with Gasteiger partial charge in [0.2, 0.25) is 0 Å². The van der Waals surface area contributed by atoms with Crippen LogP contribution < -0.4 is 4.90 Å². The Kier molecular flexibility index (Phi) is 5.22. The van der Waals surface area contributed by atoms with E-state index in [1.54, 1.807) is 18.3 Å². The van der Waals surface area contributed by atoms with E-state index in [4.69, 9.17) is 0 Å². The summed E-state index contributed by atoms with van der Waals surface area (Å²) in [5, 5.41) is 0. The molecule has 3 nitrogen and oxygen atoms in total. The quantitative estimate of drug-likeness (QED) is 0.736. The zero-order chi connectivity index (χ0) is 19.6. The van der Waals surface area contributed by atoms with Gasteiger partial charge in [-0.15, -0.1) is 0 Å². The van der Waals surface area contributed by atoms with Crippen molar-refractivity contribution in [2.45, 2.75) is 31.6 Å². The molecule has 1 saturated heterocycles. The third-order valence-corrected chi connectivity index (χ3v) is 5.17. The first-order valence-corrected chi connectivity index (χ1v) is 9.48. The zero-order valence-corrected chi connectivity index (χ0v) is 15.4. The molecule has 28 heavy (non-hydrogen) atoms. The standard InChI is InChI=1S/C22H22F3N3/c23-22(24,25)20-15-19(18-6-2-1-3-7-18)9-13-28(20)21-14-17(8-10-26-21)16-27-11-4-5-12-27/h1-3,6-10,13-15,20H,4-5,11-12,16H2. The van der Waals surface area contributed by atoms with E-state index in [0.717, 1.165) is 30.8 Å². The van der Waals surface area contributed by atoms with Crippen molar-refractivity contribution in [1.82, 2.24) is 9.88 Å². The van der Waals surface area contributed by atoms with Crippen LogP contribution in [0.1, 0.15) is 24.0 Å². The van der Waals surface area contributed by atoms with Gasteiger partial charge in [-0.1, -0.05) is 30.3 Å². The van der Waals surface area contributed by atoms with E-state index < -0.39 is 12.2 Å². The van der Waals surface area contributed by atoms with Crippen LogP contribution in [-0.2, 0) is 6.54 Å². The van der Waals surface area contributed by atoms with Crippen LogP contribution in [0.25, 0.3) is 5.57 Å². The average Bonchev–Trinajstić information content (AvgIpc) is 3.21. The van der Waals surface area contributed by atoms with Crippen LogP contribution in [0, 0.1) is 0 Å². The van der Waals surface area contributed by atoms with Crippen molar-refractivity contribution in [1.29, 1.82) is 0 Å². The van der Waals surface area contributed by atoms with E-state index in [-0.39, 0.29) is 0 Å². The molecule has 1 atom stereocenters. The SMILES string of the molecule is FC(F)(F)C1C=C(c2ccccc2)C=CN1c1cc(CN2CCCC2)ccn1. The van der Waals surface area contributed by atoms with Crippen molar-refractivity contribution in [3.05, 3.63) is 78.1 Å². The lowest BCUT2D eigenvalue weighted by Gasteiger charge is -2.32. The second-order valence-electron chi connectivity index (χ2n) is 7.20. The highest BCUT2D eigenvalue weighted by atomic mass is 19.4. The Bertz CT molecular complexity index is 868. The summed E-state index contributed by atoms with van der Waals surface area (Å²) in [6.45, 7) is 2.82. The molecule has 0 bridgehead atoms. The van der Waals surface area contributed by atoms with Crippen molar-refractivity contribution < 1.29 is 13.2 Å². The number of nitrogens with zero attached hydrogens (tertiary/aromatic N) is 3. The first-order chi connectivity index (χ1) is 13.5. The summed E-state index contributed by atoms with van der Waals surface area (Å²) < 4.78 is 41.5. The van der Waals surface area contributed by atoms with Gasteiger partial charge in [0.1, 0.15) is 11.9 Å². The van der Waals surface area contributed by atoms with Gasteiger partial charge in [0.05, 0.1) is 0 Å². The number of allylic oxidation sites excluding steroid dienone is 2. The largest absolute Gasteiger partial charge is 0.412 e. The summed E-state index contributed by atoms with van der Waals surface area (Å²) in [7, 11) is 0. The fourth-order valence-electron chi connectivity index (χ4n) is 3.75. The first kappa shape index (κ1) is 18.7. The van der Waals surface area contributed by atoms with Crippen molar-refractivity contribution in [2.75, 3.05) is 18.0 Å². The molecule has 2 aromatic rings. The van der Waals surface area contributed by atoms with Gasteiger partial charge >= 0.3 is 6.18 Å². The molecule has 6 heteroatoms. The minimum Gasteiger partial charge on any atom is -0.317 e. The maximum absolute atomic E-state index is 13.8. The Balaban J connectivity index is 1.62. The van der Waals surface area contributed by atoms with Crippen molar-refractivity contribution in [2.24, 2.45) is 0 Å². The van der Waals surface area contributed by atoms with Gasteiger partial charge in [0.25, 0.3) is 0 Å². The van der Waals surface area contributed by atoms with Gasteiger partial charge in [-0.25, -0.2) is 4.98 Å². The highest BCUT2D eigenvalue weighted by molar-refractivity contribution is 5.77. The molecule has 2 aliphatic rings. The predicted octanol–water partition coefficient (Wildman–Crippen LogP) is 5.03. The molecule has 0 N–H and O–H groups in total. The van der Waals surface area contributed by atoms with Crippen LogP contribution in [0.5, 0.6) is 0 Å². The van der Waals surface area contributed by atoms with E-state index in [2.05, 4.69) is 9.88 Å². The third kappa shape index (κ3) is 4.12. The molecule has 1 aromatic heterocycles. The second-order valence-corrected chi connectivity index (χ2v) is 7.20. The smallest absolute Gasteiger partial charge is 0.317 e. The van der Waals surface area contributed by atoms with Gasteiger partial charge < -0.3 is 4.90 Å². The molecule has 1 aromatic carbocycles. The van der Waals surface area contributed by atoms with Gasteiger partial charge in [0.15, 0.2) is 0 Å². The summed E-state index contributed by atoms with van der Waals surface area (Å²) in [5.41, 5.74) is 2.31. The molecule has 1 unspecified atom stereocenters. The molecule has 0 spiro atoms. The van der Waals surface area contributed by atoms with Crippen LogP contribution >= 0.6 is 0 Å². The summed E-state index contributed by atoms with van der Waals surface area (Å²) in [6.07, 6.45) is 4.01. The molecule has 0 amide bonds. The molecular weight excluding hydrogens is 363 g/mol. The number of hydrogen-bond acceptors (Lipinski definition) is 3. The molecule has 0 saturated carbocycles. The minimum absolute atomic E-state index is 0.318. The number of hydrogen-bond donors (Lipinski definition) is 0. The van der Waals surface area contributed by atoms with Crippen LogP contribution in [0.2, 0.25) is 0 Å². The predicted molar refractivity (Wildman–Crippen MR) is 105 cm³/mol. The average molecular weight is 385 g/mol. The lowest BCUT2D eigenvalue weighted by molar-refractivity contribution is -0.136. The summed E-state index contributed by atoms with van der Waals surface area (Å²) in [6, 6.07) is 11.0. The molecule has 0 radical (unpaired) electrons. The van der Waals surface area contributed by atoms with E-state index in [9.17, 15) is 13.2 Å². The molecule has 3 heterocycles. The molecular formula is C22H22F3N3. The summed E-state index contributed by atoms with van der Waals surface area (Å²) >= 11 is 0. The lowest BCUT2D eigenvalue weighted by atomic mass is 9.99. The van der Waals surface area contributed by atoms with Crippen LogP contribution in [0.4, 0.5) is 19.0 Å². The van der Waals surface area contributed by atoms with E-state index in [0.29, 0.717) is 11.4 Å². The Morgan fingerprint density at radius 3 is 2.50 bits per heavy atom. The number of benzene rings is 1. The summed E-state index contributed by atoms with van der Waals surface area (Å²) in [5.74, 6) is 0.318. The number of anilines is 1. The minimum atomic E-state index is -4.41. The maximum Gasteiger partial charge on any atom is 0.412 e. The van der Waals surface area contributed by atoms with Crippen molar-refractivity contribution >= 4 is 11.4 Å². The fourth-order valence-corrected chi connectivity index (χ4v) is 3.75. The topological polar surface area (TPSA) is 19.4 Å². The number of aromatic nitrogens is 1. The number of rotatable bonds is 4. The normalized spacial score (nSPS) is 20.5. The molecule has 1 fully saturated rings. The van der Waals surface area contributed by atoms with Crippen molar-refractivity contribution in [3.63, 3.8) is 0 Å². The van der Waals surface area contributed by atoms with Gasteiger partial charge in [-0.05, 0) is 66.9 Å². The number of alkyl halides is 3. The second kappa shape index (κ2) is 7.80. The maximum atomic E-state index is 13.8. The molecule has 0 aliphatic carbocycles. The van der Waals surface area contributed by atoms with Crippen LogP contribution in [0.3, 0.4) is 0 Å². The molecule has 2 aliphatic heterocycles. The van der Waals surface area contributed by atoms with Gasteiger partial charge in [-0.3, -0.25) is 4.90 Å². The Morgan fingerprint density at radius 1 is 1.04 bits per heavy atom. The van der Waals surface area contributed by atoms with Crippen molar-refractivity contribution in [3.8, 4) is 0 Å². The Morgan fingerprint density at radius 2 is 1.79 bits per heavy atom. The monoisotopic (exact) mass is 385 g/mol. The Labute approximate surface area is 162 Å². The number of pyridine rings is 1. The fraction of sp³-hybridized carbons (Fsp3) is 0.318. The third-order valence-electron chi connectivity index (χ3n) is 5.17. The number of likely N-dealkylation sites (tertiary alicyclic amines) is 1. The van der Waals surface area contributed by atoms with E-state index in [1.807, 2.05) is 36.4 Å². The van der Waals surface area contributed by atoms with Crippen LogP contribution in [-0.4, -0.2) is 35.2 Å². The zero-order valence-electron chi connectivity index (χ0n) is 15.4. The first-order valence-electron chi connectivity index (χ1n) is 9.48. The lowest BCUT2D eigenvalue weighted by Crippen LogP contribution is -2.43. The number of halogens is 3. The molecule has 4 rings (SSSR count). The van der Waals surface area contributed by atoms with Gasteiger partial charge in [-0.2, -0.15) is 13.2 Å². The van der Waals surface area contributed by atoms with Gasteiger partial charge in [0, 0.05) is 18.9 Å². The van der Waals surface area contributed by atoms with E-state index in [1.165, 1.54) is 30.0 Å². The Hall–Kier alpha value is -2.60.